The summed E-state index contributed by atoms with van der Waals surface area (Å²) in [4.78, 5) is 13.8. The third kappa shape index (κ3) is 2.29. The second kappa shape index (κ2) is 4.93. The summed E-state index contributed by atoms with van der Waals surface area (Å²) in [5.74, 6) is -1.57. The summed E-state index contributed by atoms with van der Waals surface area (Å²) in [5.41, 5.74) is 1.35. The maximum absolute atomic E-state index is 13.0. The highest BCUT2D eigenvalue weighted by Crippen LogP contribution is 2.37. The smallest absolute Gasteiger partial charge is 0.258 e. The van der Waals surface area contributed by atoms with E-state index in [1.54, 1.807) is 6.07 Å². The van der Waals surface area contributed by atoms with Crippen LogP contribution in [0, 0.1) is 5.82 Å². The first-order valence-corrected chi connectivity index (χ1v) is 6.62. The molecule has 0 aromatic heterocycles. The summed E-state index contributed by atoms with van der Waals surface area (Å²) >= 11 is 5.96. The highest BCUT2D eigenvalue weighted by Gasteiger charge is 2.31. The molecule has 0 fully saturated rings. The number of aromatic hydroxyl groups is 2. The van der Waals surface area contributed by atoms with Crippen LogP contribution in [0.1, 0.15) is 21.5 Å². The minimum absolute atomic E-state index is 0.105. The fourth-order valence-electron chi connectivity index (χ4n) is 2.41. The lowest BCUT2D eigenvalue weighted by Gasteiger charge is -2.16. The second-order valence-electron chi connectivity index (χ2n) is 4.86. The summed E-state index contributed by atoms with van der Waals surface area (Å²) in [6, 6.07) is 6.92. The van der Waals surface area contributed by atoms with Crippen LogP contribution in [0.15, 0.2) is 30.3 Å². The van der Waals surface area contributed by atoms with Gasteiger partial charge in [0.25, 0.3) is 5.91 Å². The topological polar surface area (TPSA) is 60.8 Å². The Morgan fingerprint density at radius 1 is 1.24 bits per heavy atom. The van der Waals surface area contributed by atoms with Crippen molar-refractivity contribution in [1.29, 1.82) is 0 Å². The van der Waals surface area contributed by atoms with Crippen LogP contribution in [-0.2, 0) is 13.1 Å². The van der Waals surface area contributed by atoms with E-state index in [0.717, 1.165) is 0 Å². The summed E-state index contributed by atoms with van der Waals surface area (Å²) in [7, 11) is 0. The average molecular weight is 308 g/mol. The van der Waals surface area contributed by atoms with E-state index in [2.05, 4.69) is 0 Å². The minimum atomic E-state index is -0.442. The second-order valence-corrected chi connectivity index (χ2v) is 5.27. The molecular weight excluding hydrogens is 297 g/mol. The van der Waals surface area contributed by atoms with Crippen LogP contribution in [0.3, 0.4) is 0 Å². The van der Waals surface area contributed by atoms with Crippen molar-refractivity contribution in [3.05, 3.63) is 57.9 Å². The molecule has 1 amide bonds. The van der Waals surface area contributed by atoms with Gasteiger partial charge in [0.05, 0.1) is 5.56 Å². The van der Waals surface area contributed by atoms with E-state index in [9.17, 15) is 19.4 Å². The van der Waals surface area contributed by atoms with E-state index in [-0.39, 0.29) is 22.9 Å². The number of carbonyl (C=O) groups excluding carboxylic acids is 1. The number of benzene rings is 2. The van der Waals surface area contributed by atoms with Crippen molar-refractivity contribution in [2.24, 2.45) is 0 Å². The molecular formula is C15H11ClFNO3. The number of hydrogen-bond donors (Lipinski definition) is 2. The predicted octanol–water partition coefficient (Wildman–Crippen LogP) is 3.05. The Morgan fingerprint density at radius 3 is 2.71 bits per heavy atom. The Bertz CT molecular complexity index is 748. The van der Waals surface area contributed by atoms with E-state index >= 15 is 0 Å². The lowest BCUT2D eigenvalue weighted by molar-refractivity contribution is 0.0764. The Labute approximate surface area is 125 Å². The number of hydrogen-bond acceptors (Lipinski definition) is 3. The van der Waals surface area contributed by atoms with E-state index < -0.39 is 17.5 Å². The normalized spacial score (nSPS) is 13.6. The standard InChI is InChI=1S/C15H11ClFNO3/c16-11-5-10(17)3-1-8(11)6-18-7-9-2-4-12(19)14(20)13(9)15(18)21/h1-5,19-20H,6-7H2. The highest BCUT2D eigenvalue weighted by atomic mass is 35.5. The third-order valence-electron chi connectivity index (χ3n) is 3.48. The molecule has 1 aliphatic rings. The van der Waals surface area contributed by atoms with Crippen LogP contribution in [0.5, 0.6) is 11.5 Å². The Balaban J connectivity index is 1.90. The number of halogens is 2. The highest BCUT2D eigenvalue weighted by molar-refractivity contribution is 6.31. The molecule has 0 saturated heterocycles. The van der Waals surface area contributed by atoms with Gasteiger partial charge < -0.3 is 15.1 Å². The monoisotopic (exact) mass is 307 g/mol. The molecule has 0 radical (unpaired) electrons. The van der Waals surface area contributed by atoms with Crippen molar-refractivity contribution < 1.29 is 19.4 Å². The average Bonchev–Trinajstić information content (AvgIpc) is 2.75. The molecule has 2 N–H and O–H groups in total. The SMILES string of the molecule is O=C1c2c(ccc(O)c2O)CN1Cc1ccc(F)cc1Cl. The van der Waals surface area contributed by atoms with Gasteiger partial charge in [-0.3, -0.25) is 4.79 Å². The van der Waals surface area contributed by atoms with Crippen LogP contribution in [0.4, 0.5) is 4.39 Å². The molecule has 21 heavy (non-hydrogen) atoms. The molecule has 0 bridgehead atoms. The number of rotatable bonds is 2. The number of phenols is 2. The van der Waals surface area contributed by atoms with Crippen molar-refractivity contribution in [2.45, 2.75) is 13.1 Å². The van der Waals surface area contributed by atoms with Gasteiger partial charge >= 0.3 is 0 Å². The lowest BCUT2D eigenvalue weighted by Crippen LogP contribution is -2.23. The number of amides is 1. The van der Waals surface area contributed by atoms with Crippen molar-refractivity contribution in [2.75, 3.05) is 0 Å². The van der Waals surface area contributed by atoms with Crippen LogP contribution < -0.4 is 0 Å². The molecule has 4 nitrogen and oxygen atoms in total. The van der Waals surface area contributed by atoms with E-state index in [1.165, 1.54) is 29.2 Å². The quantitative estimate of drug-likeness (QED) is 0.838. The summed E-state index contributed by atoms with van der Waals surface area (Å²) < 4.78 is 13.0. The van der Waals surface area contributed by atoms with Crippen molar-refractivity contribution >= 4 is 17.5 Å². The van der Waals surface area contributed by atoms with Gasteiger partial charge in [-0.25, -0.2) is 4.39 Å². The minimum Gasteiger partial charge on any atom is -0.504 e. The molecule has 1 aliphatic heterocycles. The molecule has 2 aromatic carbocycles. The zero-order valence-electron chi connectivity index (χ0n) is 10.8. The first-order chi connectivity index (χ1) is 9.97. The molecule has 0 aliphatic carbocycles. The third-order valence-corrected chi connectivity index (χ3v) is 3.83. The molecule has 0 unspecified atom stereocenters. The molecule has 3 rings (SSSR count). The molecule has 108 valence electrons. The first kappa shape index (κ1) is 13.7. The van der Waals surface area contributed by atoms with Crippen LogP contribution >= 0.6 is 11.6 Å². The van der Waals surface area contributed by atoms with Crippen LogP contribution in [0.2, 0.25) is 5.02 Å². The predicted molar refractivity (Wildman–Crippen MR) is 74.8 cm³/mol. The maximum Gasteiger partial charge on any atom is 0.258 e. The van der Waals surface area contributed by atoms with Crippen molar-refractivity contribution in [1.82, 2.24) is 4.90 Å². The van der Waals surface area contributed by atoms with E-state index in [0.29, 0.717) is 17.7 Å². The van der Waals surface area contributed by atoms with Crippen molar-refractivity contribution in [3.8, 4) is 11.5 Å². The first-order valence-electron chi connectivity index (χ1n) is 6.24. The van der Waals surface area contributed by atoms with Crippen LogP contribution in [0.25, 0.3) is 0 Å². The molecule has 0 atom stereocenters. The van der Waals surface area contributed by atoms with E-state index in [1.807, 2.05) is 0 Å². The Kier molecular flexibility index (Phi) is 3.22. The Hall–Kier alpha value is -2.27. The van der Waals surface area contributed by atoms with Crippen LogP contribution in [-0.4, -0.2) is 21.0 Å². The molecule has 1 heterocycles. The molecule has 0 spiro atoms. The van der Waals surface area contributed by atoms with Gasteiger partial charge in [-0.1, -0.05) is 23.7 Å². The Morgan fingerprint density at radius 2 is 2.00 bits per heavy atom. The van der Waals surface area contributed by atoms with Gasteiger partial charge in [0.1, 0.15) is 5.82 Å². The number of nitrogens with zero attached hydrogens (tertiary/aromatic N) is 1. The van der Waals surface area contributed by atoms with Gasteiger partial charge in [-0.05, 0) is 29.3 Å². The van der Waals surface area contributed by atoms with Gasteiger partial charge in [0, 0.05) is 18.1 Å². The zero-order chi connectivity index (χ0) is 15.1. The summed E-state index contributed by atoms with van der Waals surface area (Å²) in [6.07, 6.45) is 0. The molecule has 0 saturated carbocycles. The largest absolute Gasteiger partial charge is 0.504 e. The van der Waals surface area contributed by atoms with Gasteiger partial charge in [0.2, 0.25) is 0 Å². The summed E-state index contributed by atoms with van der Waals surface area (Å²) in [5, 5.41) is 19.5. The van der Waals surface area contributed by atoms with E-state index in [4.69, 9.17) is 11.6 Å². The number of carbonyl (C=O) groups is 1. The van der Waals surface area contributed by atoms with Gasteiger partial charge in [-0.2, -0.15) is 0 Å². The number of phenolic OH excluding ortho intramolecular Hbond substituents is 2. The van der Waals surface area contributed by atoms with Gasteiger partial charge in [0.15, 0.2) is 11.5 Å². The molecule has 2 aromatic rings. The zero-order valence-corrected chi connectivity index (χ0v) is 11.6. The summed E-state index contributed by atoms with van der Waals surface area (Å²) in [6.45, 7) is 0.503. The van der Waals surface area contributed by atoms with Gasteiger partial charge in [-0.15, -0.1) is 0 Å². The molecule has 6 heteroatoms. The maximum atomic E-state index is 13.0. The van der Waals surface area contributed by atoms with Crippen molar-refractivity contribution in [3.63, 3.8) is 0 Å². The fourth-order valence-corrected chi connectivity index (χ4v) is 2.64. The number of fused-ring (bicyclic) bond motifs is 1. The lowest BCUT2D eigenvalue weighted by atomic mass is 10.1. The fraction of sp³-hybridized carbons (Fsp3) is 0.133.